The molecule has 1 atom stereocenters. The van der Waals surface area contributed by atoms with Crippen LogP contribution in [0.25, 0.3) is 0 Å². The zero-order valence-corrected chi connectivity index (χ0v) is 21.2. The summed E-state index contributed by atoms with van der Waals surface area (Å²) in [5, 5.41) is 11.0. The van der Waals surface area contributed by atoms with Crippen molar-refractivity contribution in [3.05, 3.63) is 123 Å². The van der Waals surface area contributed by atoms with Gasteiger partial charge in [-0.1, -0.05) is 81.6 Å². The summed E-state index contributed by atoms with van der Waals surface area (Å²) < 4.78 is 0.845. The number of fused-ring (bicyclic) bond motifs is 2. The summed E-state index contributed by atoms with van der Waals surface area (Å²) in [6.07, 6.45) is 0. The third-order valence-electron chi connectivity index (χ3n) is 6.11. The van der Waals surface area contributed by atoms with E-state index in [1.165, 1.54) is 0 Å². The van der Waals surface area contributed by atoms with Crippen LogP contribution in [0.2, 0.25) is 10.0 Å². The first-order chi connectivity index (χ1) is 17.0. The van der Waals surface area contributed by atoms with Crippen LogP contribution >= 0.6 is 39.1 Å². The van der Waals surface area contributed by atoms with E-state index >= 15 is 0 Å². The second-order valence-electron chi connectivity index (χ2n) is 8.21. The number of anilines is 3. The molecule has 1 unspecified atom stereocenters. The van der Waals surface area contributed by atoms with Gasteiger partial charge in [0.05, 0.1) is 5.69 Å². The van der Waals surface area contributed by atoms with Crippen LogP contribution in [0.1, 0.15) is 11.1 Å². The SMILES string of the molecule is O=C1Nc2ccc(Br)cc2C12N(c1cccc(Cl)c1)N=C(c1ccccc1)N2c1cccc(Cl)c1. The van der Waals surface area contributed by atoms with Crippen molar-refractivity contribution in [3.63, 3.8) is 0 Å². The predicted molar refractivity (Wildman–Crippen MR) is 145 cm³/mol. The summed E-state index contributed by atoms with van der Waals surface area (Å²) in [6.45, 7) is 0. The first kappa shape index (κ1) is 22.2. The van der Waals surface area contributed by atoms with Gasteiger partial charge in [0.1, 0.15) is 0 Å². The maximum atomic E-state index is 14.1. The third-order valence-corrected chi connectivity index (χ3v) is 7.07. The summed E-state index contributed by atoms with van der Waals surface area (Å²) in [5.74, 6) is 0.371. The molecule has 172 valence electrons. The highest BCUT2D eigenvalue weighted by molar-refractivity contribution is 9.10. The highest BCUT2D eigenvalue weighted by atomic mass is 79.9. The average Bonchev–Trinajstić information content (AvgIpc) is 3.36. The molecular formula is C27H17BrCl2N4O. The number of hydrogen-bond donors (Lipinski definition) is 1. The second kappa shape index (κ2) is 8.41. The summed E-state index contributed by atoms with van der Waals surface area (Å²) in [4.78, 5) is 16.1. The molecule has 2 heterocycles. The fraction of sp³-hybridized carbons (Fsp3) is 0.0370. The molecule has 0 aromatic heterocycles. The van der Waals surface area contributed by atoms with Crippen LogP contribution < -0.4 is 15.2 Å². The largest absolute Gasteiger partial charge is 0.322 e. The number of nitrogens with one attached hydrogen (secondary N) is 1. The number of nitrogens with zero attached hydrogens (tertiary/aromatic N) is 3. The minimum absolute atomic E-state index is 0.236. The number of carbonyl (C=O) groups excluding carboxylic acids is 1. The number of hydrogen-bond acceptors (Lipinski definition) is 4. The summed E-state index contributed by atoms with van der Waals surface area (Å²) in [7, 11) is 0. The van der Waals surface area contributed by atoms with Gasteiger partial charge in [0.2, 0.25) is 5.66 Å². The van der Waals surface area contributed by atoms with Crippen LogP contribution in [0.5, 0.6) is 0 Å². The molecule has 35 heavy (non-hydrogen) atoms. The van der Waals surface area contributed by atoms with E-state index in [0.717, 1.165) is 21.3 Å². The van der Waals surface area contributed by atoms with Crippen LogP contribution in [-0.4, -0.2) is 11.7 Å². The minimum Gasteiger partial charge on any atom is -0.322 e. The Morgan fingerprint density at radius 1 is 0.800 bits per heavy atom. The topological polar surface area (TPSA) is 47.9 Å². The van der Waals surface area contributed by atoms with Gasteiger partial charge in [0.15, 0.2) is 5.84 Å². The number of halogens is 3. The van der Waals surface area contributed by atoms with Crippen molar-refractivity contribution in [1.29, 1.82) is 0 Å². The lowest BCUT2D eigenvalue weighted by atomic mass is 9.96. The molecule has 2 aliphatic rings. The van der Waals surface area contributed by atoms with Gasteiger partial charge in [0.25, 0.3) is 5.91 Å². The van der Waals surface area contributed by atoms with E-state index in [4.69, 9.17) is 28.3 Å². The van der Waals surface area contributed by atoms with Crippen molar-refractivity contribution in [2.45, 2.75) is 5.66 Å². The predicted octanol–water partition coefficient (Wildman–Crippen LogP) is 7.25. The molecule has 8 heteroatoms. The lowest BCUT2D eigenvalue weighted by Gasteiger charge is -2.40. The number of amidine groups is 1. The molecule has 0 bridgehead atoms. The minimum atomic E-state index is -1.36. The lowest BCUT2D eigenvalue weighted by Crippen LogP contribution is -2.58. The van der Waals surface area contributed by atoms with Crippen molar-refractivity contribution in [3.8, 4) is 0 Å². The average molecular weight is 564 g/mol. The van der Waals surface area contributed by atoms with Gasteiger partial charge < -0.3 is 5.32 Å². The molecule has 2 aliphatic heterocycles. The summed E-state index contributed by atoms with van der Waals surface area (Å²) >= 11 is 16.4. The maximum Gasteiger partial charge on any atom is 0.278 e. The Labute approximate surface area is 220 Å². The van der Waals surface area contributed by atoms with E-state index in [9.17, 15) is 4.79 Å². The zero-order chi connectivity index (χ0) is 24.2. The van der Waals surface area contributed by atoms with E-state index in [2.05, 4.69) is 21.2 Å². The summed E-state index contributed by atoms with van der Waals surface area (Å²) in [6, 6.07) is 30.3. The van der Waals surface area contributed by atoms with Crippen LogP contribution in [0.4, 0.5) is 17.1 Å². The highest BCUT2D eigenvalue weighted by Crippen LogP contribution is 2.51. The molecule has 1 spiro atoms. The molecule has 1 N–H and O–H groups in total. The molecule has 5 nitrogen and oxygen atoms in total. The van der Waals surface area contributed by atoms with E-state index in [1.54, 1.807) is 23.2 Å². The van der Waals surface area contributed by atoms with Gasteiger partial charge in [-0.15, -0.1) is 0 Å². The Morgan fingerprint density at radius 2 is 1.49 bits per heavy atom. The quantitative estimate of drug-likeness (QED) is 0.285. The molecule has 1 amide bonds. The van der Waals surface area contributed by atoms with Gasteiger partial charge in [-0.2, -0.15) is 5.10 Å². The number of carbonyl (C=O) groups is 1. The van der Waals surface area contributed by atoms with Crippen molar-refractivity contribution >= 4 is 67.9 Å². The lowest BCUT2D eigenvalue weighted by molar-refractivity contribution is -0.120. The van der Waals surface area contributed by atoms with Gasteiger partial charge in [-0.05, 0) is 54.6 Å². The Bertz CT molecular complexity index is 1510. The first-order valence-electron chi connectivity index (χ1n) is 10.9. The first-order valence-corrected chi connectivity index (χ1v) is 12.4. The van der Waals surface area contributed by atoms with E-state index in [0.29, 0.717) is 27.3 Å². The summed E-state index contributed by atoms with van der Waals surface area (Å²) in [5.41, 5.74) is 2.37. The number of benzene rings is 4. The fourth-order valence-corrected chi connectivity index (χ4v) is 5.42. The molecule has 0 radical (unpaired) electrons. The van der Waals surface area contributed by atoms with E-state index < -0.39 is 5.66 Å². The maximum absolute atomic E-state index is 14.1. The monoisotopic (exact) mass is 562 g/mol. The number of amides is 1. The Balaban J connectivity index is 1.71. The Kier molecular flexibility index (Phi) is 5.33. The van der Waals surface area contributed by atoms with Crippen molar-refractivity contribution in [1.82, 2.24) is 0 Å². The second-order valence-corrected chi connectivity index (χ2v) is 10.0. The molecular weight excluding hydrogens is 547 g/mol. The van der Waals surface area contributed by atoms with Crippen molar-refractivity contribution in [2.24, 2.45) is 5.10 Å². The van der Waals surface area contributed by atoms with Gasteiger partial charge in [0, 0.05) is 37.0 Å². The fourth-order valence-electron chi connectivity index (χ4n) is 4.69. The van der Waals surface area contributed by atoms with Crippen LogP contribution in [-0.2, 0) is 10.5 Å². The van der Waals surface area contributed by atoms with Gasteiger partial charge >= 0.3 is 0 Å². The van der Waals surface area contributed by atoms with Crippen molar-refractivity contribution in [2.75, 3.05) is 15.2 Å². The molecule has 4 aromatic rings. The molecule has 6 rings (SSSR count). The van der Waals surface area contributed by atoms with Crippen LogP contribution in [0, 0.1) is 0 Å². The van der Waals surface area contributed by atoms with E-state index in [1.807, 2.05) is 83.8 Å². The molecule has 4 aromatic carbocycles. The Hall–Kier alpha value is -3.32. The molecule has 0 aliphatic carbocycles. The molecule has 0 saturated carbocycles. The molecule has 0 fully saturated rings. The smallest absolute Gasteiger partial charge is 0.278 e. The standard InChI is InChI=1S/C27H17BrCl2N4O/c28-18-12-13-24-23(14-18)27(26(35)31-24)33(21-10-4-8-19(29)15-21)25(17-6-2-1-3-7-17)32-34(27)22-11-5-9-20(30)16-22/h1-16H,(H,31,35). The number of hydrazone groups is 1. The van der Waals surface area contributed by atoms with Crippen molar-refractivity contribution < 1.29 is 4.79 Å². The van der Waals surface area contributed by atoms with Gasteiger partial charge in [-0.25, -0.2) is 5.01 Å². The normalized spacial score (nSPS) is 18.6. The van der Waals surface area contributed by atoms with Crippen LogP contribution in [0.15, 0.2) is 107 Å². The Morgan fingerprint density at radius 3 is 2.20 bits per heavy atom. The zero-order valence-electron chi connectivity index (χ0n) is 18.1. The highest BCUT2D eigenvalue weighted by Gasteiger charge is 2.61. The van der Waals surface area contributed by atoms with Crippen LogP contribution in [0.3, 0.4) is 0 Å². The molecule has 0 saturated heterocycles. The number of rotatable bonds is 3. The third kappa shape index (κ3) is 3.44. The van der Waals surface area contributed by atoms with E-state index in [-0.39, 0.29) is 5.91 Å². The van der Waals surface area contributed by atoms with Gasteiger partial charge in [-0.3, -0.25) is 9.69 Å².